The van der Waals surface area contributed by atoms with Crippen LogP contribution in [0.4, 0.5) is 16.0 Å². The lowest BCUT2D eigenvalue weighted by Gasteiger charge is -2.05. The summed E-state index contributed by atoms with van der Waals surface area (Å²) in [5.41, 5.74) is 6.79. The first-order chi connectivity index (χ1) is 7.78. The first kappa shape index (κ1) is 10.5. The van der Waals surface area contributed by atoms with Gasteiger partial charge in [-0.05, 0) is 24.3 Å². The second-order valence-electron chi connectivity index (χ2n) is 3.21. The van der Waals surface area contributed by atoms with Crippen LogP contribution in [0.25, 0.3) is 0 Å². The molecule has 82 valence electrons. The number of hydrogen-bond donors (Lipinski definition) is 2. The standard InChI is InChI=1S/C11H11FN4/c12-8-2-1-3-9(6-8)15-11-14-5-4-10(7-13)16-11/h1-6H,7,13H2,(H,14,15,16). The molecule has 0 aliphatic carbocycles. The molecule has 4 nitrogen and oxygen atoms in total. The van der Waals surface area contributed by atoms with Crippen molar-refractivity contribution in [3.63, 3.8) is 0 Å². The molecule has 5 heteroatoms. The highest BCUT2D eigenvalue weighted by Crippen LogP contribution is 2.13. The van der Waals surface area contributed by atoms with Crippen LogP contribution in [0.5, 0.6) is 0 Å². The monoisotopic (exact) mass is 218 g/mol. The fraction of sp³-hybridized carbons (Fsp3) is 0.0909. The van der Waals surface area contributed by atoms with E-state index in [1.54, 1.807) is 24.4 Å². The highest BCUT2D eigenvalue weighted by atomic mass is 19.1. The van der Waals surface area contributed by atoms with Crippen molar-refractivity contribution in [3.8, 4) is 0 Å². The van der Waals surface area contributed by atoms with Crippen LogP contribution >= 0.6 is 0 Å². The molecule has 0 aliphatic heterocycles. The lowest BCUT2D eigenvalue weighted by molar-refractivity contribution is 0.628. The molecule has 0 saturated heterocycles. The molecule has 0 fully saturated rings. The van der Waals surface area contributed by atoms with Crippen molar-refractivity contribution in [3.05, 3.63) is 48.0 Å². The van der Waals surface area contributed by atoms with Crippen LogP contribution in [0.15, 0.2) is 36.5 Å². The Morgan fingerprint density at radius 2 is 2.19 bits per heavy atom. The normalized spacial score (nSPS) is 10.1. The van der Waals surface area contributed by atoms with Gasteiger partial charge in [0.25, 0.3) is 0 Å². The van der Waals surface area contributed by atoms with Crippen LogP contribution in [-0.2, 0) is 6.54 Å². The minimum Gasteiger partial charge on any atom is -0.325 e. The van der Waals surface area contributed by atoms with E-state index < -0.39 is 0 Å². The van der Waals surface area contributed by atoms with E-state index in [2.05, 4.69) is 15.3 Å². The van der Waals surface area contributed by atoms with Gasteiger partial charge in [0, 0.05) is 18.4 Å². The van der Waals surface area contributed by atoms with E-state index >= 15 is 0 Å². The fourth-order valence-corrected chi connectivity index (χ4v) is 1.27. The Labute approximate surface area is 92.3 Å². The number of nitrogens with two attached hydrogens (primary N) is 1. The van der Waals surface area contributed by atoms with Gasteiger partial charge in [-0.3, -0.25) is 0 Å². The van der Waals surface area contributed by atoms with E-state index in [4.69, 9.17) is 5.73 Å². The zero-order valence-corrected chi connectivity index (χ0v) is 8.52. The summed E-state index contributed by atoms with van der Waals surface area (Å²) < 4.78 is 12.9. The van der Waals surface area contributed by atoms with Gasteiger partial charge >= 0.3 is 0 Å². The minimum atomic E-state index is -0.306. The van der Waals surface area contributed by atoms with E-state index in [-0.39, 0.29) is 5.82 Å². The molecular formula is C11H11FN4. The van der Waals surface area contributed by atoms with Gasteiger partial charge in [-0.25, -0.2) is 14.4 Å². The number of benzene rings is 1. The van der Waals surface area contributed by atoms with Gasteiger partial charge < -0.3 is 11.1 Å². The van der Waals surface area contributed by atoms with Gasteiger partial charge in [0.15, 0.2) is 0 Å². The third-order valence-electron chi connectivity index (χ3n) is 2.00. The van der Waals surface area contributed by atoms with Gasteiger partial charge in [-0.15, -0.1) is 0 Å². The maximum atomic E-state index is 12.9. The van der Waals surface area contributed by atoms with Crippen LogP contribution in [0, 0.1) is 5.82 Å². The van der Waals surface area contributed by atoms with Crippen molar-refractivity contribution in [1.82, 2.24) is 9.97 Å². The SMILES string of the molecule is NCc1ccnc(Nc2cccc(F)c2)n1. The van der Waals surface area contributed by atoms with Gasteiger partial charge in [0.2, 0.25) is 5.95 Å². The van der Waals surface area contributed by atoms with Crippen molar-refractivity contribution in [2.45, 2.75) is 6.54 Å². The summed E-state index contributed by atoms with van der Waals surface area (Å²) in [4.78, 5) is 8.16. The summed E-state index contributed by atoms with van der Waals surface area (Å²) >= 11 is 0. The zero-order chi connectivity index (χ0) is 11.4. The maximum Gasteiger partial charge on any atom is 0.227 e. The second-order valence-corrected chi connectivity index (χ2v) is 3.21. The molecule has 0 unspecified atom stereocenters. The highest BCUT2D eigenvalue weighted by Gasteiger charge is 1.99. The lowest BCUT2D eigenvalue weighted by Crippen LogP contribution is -2.03. The predicted molar refractivity (Wildman–Crippen MR) is 59.6 cm³/mol. The smallest absolute Gasteiger partial charge is 0.227 e. The molecule has 0 spiro atoms. The summed E-state index contributed by atoms with van der Waals surface area (Å²) in [5.74, 6) is 0.105. The molecule has 2 rings (SSSR count). The third kappa shape index (κ3) is 2.52. The Kier molecular flexibility index (Phi) is 3.07. The Morgan fingerprint density at radius 1 is 1.31 bits per heavy atom. The molecule has 1 heterocycles. The average Bonchev–Trinajstić information content (AvgIpc) is 2.29. The van der Waals surface area contributed by atoms with Crippen LogP contribution < -0.4 is 11.1 Å². The van der Waals surface area contributed by atoms with Gasteiger partial charge in [0.05, 0.1) is 5.69 Å². The molecule has 0 atom stereocenters. The van der Waals surface area contributed by atoms with E-state index in [1.165, 1.54) is 12.1 Å². The Balaban J connectivity index is 2.20. The number of aromatic nitrogens is 2. The third-order valence-corrected chi connectivity index (χ3v) is 2.00. The number of anilines is 2. The number of nitrogens with one attached hydrogen (secondary N) is 1. The fourth-order valence-electron chi connectivity index (χ4n) is 1.27. The van der Waals surface area contributed by atoms with Crippen molar-refractivity contribution < 1.29 is 4.39 Å². The topological polar surface area (TPSA) is 63.8 Å². The zero-order valence-electron chi connectivity index (χ0n) is 8.52. The Morgan fingerprint density at radius 3 is 2.94 bits per heavy atom. The minimum absolute atomic E-state index is 0.306. The molecule has 0 radical (unpaired) electrons. The number of halogens is 1. The maximum absolute atomic E-state index is 12.9. The number of nitrogens with zero attached hydrogens (tertiary/aromatic N) is 2. The molecule has 16 heavy (non-hydrogen) atoms. The van der Waals surface area contributed by atoms with E-state index in [0.717, 1.165) is 5.69 Å². The van der Waals surface area contributed by atoms with Gasteiger partial charge in [-0.1, -0.05) is 6.07 Å². The summed E-state index contributed by atoms with van der Waals surface area (Å²) in [5, 5.41) is 2.90. The lowest BCUT2D eigenvalue weighted by atomic mass is 10.3. The largest absolute Gasteiger partial charge is 0.325 e. The van der Waals surface area contributed by atoms with Gasteiger partial charge in [-0.2, -0.15) is 0 Å². The Bertz CT molecular complexity index is 487. The first-order valence-corrected chi connectivity index (χ1v) is 4.82. The second kappa shape index (κ2) is 4.67. The van der Waals surface area contributed by atoms with E-state index in [1.807, 2.05) is 0 Å². The molecule has 3 N–H and O–H groups in total. The molecule has 0 saturated carbocycles. The quantitative estimate of drug-likeness (QED) is 0.824. The van der Waals surface area contributed by atoms with Crippen molar-refractivity contribution in [1.29, 1.82) is 0 Å². The van der Waals surface area contributed by atoms with E-state index in [0.29, 0.717) is 18.2 Å². The van der Waals surface area contributed by atoms with Crippen LogP contribution in [0.2, 0.25) is 0 Å². The number of rotatable bonds is 3. The molecule has 0 aliphatic rings. The van der Waals surface area contributed by atoms with Gasteiger partial charge in [0.1, 0.15) is 5.82 Å². The van der Waals surface area contributed by atoms with E-state index in [9.17, 15) is 4.39 Å². The van der Waals surface area contributed by atoms with Crippen molar-refractivity contribution in [2.24, 2.45) is 5.73 Å². The average molecular weight is 218 g/mol. The summed E-state index contributed by atoms with van der Waals surface area (Å²) in [6.07, 6.45) is 1.61. The van der Waals surface area contributed by atoms with Crippen molar-refractivity contribution >= 4 is 11.6 Å². The van der Waals surface area contributed by atoms with Crippen molar-refractivity contribution in [2.75, 3.05) is 5.32 Å². The Hall–Kier alpha value is -2.01. The molecule has 1 aromatic heterocycles. The van der Waals surface area contributed by atoms with Crippen LogP contribution in [-0.4, -0.2) is 9.97 Å². The first-order valence-electron chi connectivity index (χ1n) is 4.82. The summed E-state index contributed by atoms with van der Waals surface area (Å²) in [6, 6.07) is 7.84. The van der Waals surface area contributed by atoms with Crippen LogP contribution in [0.3, 0.4) is 0 Å². The molecule has 1 aromatic carbocycles. The summed E-state index contributed by atoms with van der Waals surface area (Å²) in [7, 11) is 0. The highest BCUT2D eigenvalue weighted by molar-refractivity contribution is 5.52. The summed E-state index contributed by atoms with van der Waals surface area (Å²) in [6.45, 7) is 0.348. The molecule has 0 amide bonds. The molecule has 0 bridgehead atoms. The number of hydrogen-bond acceptors (Lipinski definition) is 4. The molecule has 2 aromatic rings. The predicted octanol–water partition coefficient (Wildman–Crippen LogP) is 1.82. The van der Waals surface area contributed by atoms with Crippen LogP contribution in [0.1, 0.15) is 5.69 Å². The molecular weight excluding hydrogens is 207 g/mol.